The predicted octanol–water partition coefficient (Wildman–Crippen LogP) is 1.66. The number of carbonyl (C=O) groups is 1. The van der Waals surface area contributed by atoms with Crippen LogP contribution in [0.2, 0.25) is 0 Å². The van der Waals surface area contributed by atoms with E-state index in [9.17, 15) is 23.3 Å². The topological polar surface area (TPSA) is 110 Å². The second-order valence-corrected chi connectivity index (χ2v) is 7.56. The average molecular weight is 355 g/mol. The van der Waals surface area contributed by atoms with Gasteiger partial charge in [0.05, 0.1) is 9.82 Å². The maximum atomic E-state index is 12.8. The largest absolute Gasteiger partial charge is 0.355 e. The van der Waals surface area contributed by atoms with Crippen LogP contribution in [0.1, 0.15) is 32.6 Å². The highest BCUT2D eigenvalue weighted by Crippen LogP contribution is 2.26. The number of nitrogens with zero attached hydrogens (tertiary/aromatic N) is 2. The van der Waals surface area contributed by atoms with Crippen molar-refractivity contribution < 1.29 is 18.1 Å². The van der Waals surface area contributed by atoms with E-state index in [2.05, 4.69) is 5.32 Å². The number of amides is 1. The smallest absolute Gasteiger partial charge is 0.269 e. The molecule has 0 radical (unpaired) electrons. The number of piperidine rings is 1. The molecule has 132 valence electrons. The van der Waals surface area contributed by atoms with Crippen molar-refractivity contribution in [3.63, 3.8) is 0 Å². The van der Waals surface area contributed by atoms with Crippen LogP contribution in [0, 0.1) is 10.1 Å². The van der Waals surface area contributed by atoms with E-state index >= 15 is 0 Å². The second-order valence-electron chi connectivity index (χ2n) is 5.67. The highest BCUT2D eigenvalue weighted by atomic mass is 32.2. The van der Waals surface area contributed by atoms with E-state index < -0.39 is 21.0 Å². The van der Waals surface area contributed by atoms with Crippen molar-refractivity contribution in [3.05, 3.63) is 34.4 Å². The third-order valence-corrected chi connectivity index (χ3v) is 5.88. The van der Waals surface area contributed by atoms with Crippen LogP contribution >= 0.6 is 0 Å². The molecule has 1 aliphatic heterocycles. The molecule has 1 heterocycles. The lowest BCUT2D eigenvalue weighted by atomic mass is 10.0. The number of nitrogens with one attached hydrogen (secondary N) is 1. The molecular weight excluding hydrogens is 334 g/mol. The van der Waals surface area contributed by atoms with Gasteiger partial charge in [-0.25, -0.2) is 8.42 Å². The molecule has 1 aromatic rings. The van der Waals surface area contributed by atoms with Gasteiger partial charge in [0.2, 0.25) is 15.9 Å². The van der Waals surface area contributed by atoms with Gasteiger partial charge < -0.3 is 5.32 Å². The zero-order valence-electron chi connectivity index (χ0n) is 13.5. The Balaban J connectivity index is 2.27. The molecule has 1 N–H and O–H groups in total. The predicted molar refractivity (Wildman–Crippen MR) is 87.9 cm³/mol. The molecular formula is C15H21N3O5S. The Morgan fingerprint density at radius 1 is 1.33 bits per heavy atom. The van der Waals surface area contributed by atoms with Gasteiger partial charge in [0.1, 0.15) is 6.04 Å². The fourth-order valence-corrected chi connectivity index (χ4v) is 4.35. The minimum absolute atomic E-state index is 0.0386. The van der Waals surface area contributed by atoms with Crippen molar-refractivity contribution in [1.82, 2.24) is 9.62 Å². The first-order valence-corrected chi connectivity index (χ1v) is 9.36. The molecule has 24 heavy (non-hydrogen) atoms. The van der Waals surface area contributed by atoms with E-state index in [1.165, 1.54) is 16.4 Å². The van der Waals surface area contributed by atoms with Crippen molar-refractivity contribution in [2.24, 2.45) is 0 Å². The second kappa shape index (κ2) is 7.71. The van der Waals surface area contributed by atoms with Gasteiger partial charge >= 0.3 is 0 Å². The van der Waals surface area contributed by atoms with Gasteiger partial charge in [0, 0.05) is 25.2 Å². The van der Waals surface area contributed by atoms with Crippen LogP contribution in [-0.4, -0.2) is 42.7 Å². The molecule has 8 nitrogen and oxygen atoms in total. The summed E-state index contributed by atoms with van der Waals surface area (Å²) in [6, 6.07) is 4.00. The van der Waals surface area contributed by atoms with Crippen LogP contribution < -0.4 is 5.32 Å². The van der Waals surface area contributed by atoms with Gasteiger partial charge in [-0.2, -0.15) is 4.31 Å². The third kappa shape index (κ3) is 3.90. The summed E-state index contributed by atoms with van der Waals surface area (Å²) >= 11 is 0. The molecule has 1 aliphatic rings. The van der Waals surface area contributed by atoms with E-state index in [0.29, 0.717) is 19.4 Å². The normalized spacial score (nSPS) is 19.0. The quantitative estimate of drug-likeness (QED) is 0.616. The Bertz CT molecular complexity index is 702. The summed E-state index contributed by atoms with van der Waals surface area (Å²) in [5.74, 6) is -0.290. The van der Waals surface area contributed by atoms with Gasteiger partial charge in [-0.1, -0.05) is 13.3 Å². The molecule has 2 rings (SSSR count). The maximum absolute atomic E-state index is 12.8. The van der Waals surface area contributed by atoms with E-state index in [1.54, 1.807) is 0 Å². The minimum Gasteiger partial charge on any atom is -0.355 e. The molecule has 1 atom stereocenters. The lowest BCUT2D eigenvalue weighted by Gasteiger charge is -2.33. The Morgan fingerprint density at radius 3 is 2.58 bits per heavy atom. The fourth-order valence-electron chi connectivity index (χ4n) is 2.70. The summed E-state index contributed by atoms with van der Waals surface area (Å²) in [6.07, 6.45) is 2.72. The average Bonchev–Trinajstić information content (AvgIpc) is 2.59. The SMILES string of the molecule is CCCNC(=O)[C@@H]1CCCCN1S(=O)(=O)c1ccc([N+](=O)[O-])cc1. The molecule has 9 heteroatoms. The number of hydrogen-bond donors (Lipinski definition) is 1. The highest BCUT2D eigenvalue weighted by Gasteiger charge is 2.37. The van der Waals surface area contributed by atoms with E-state index in [4.69, 9.17) is 0 Å². The minimum atomic E-state index is -3.87. The zero-order chi connectivity index (χ0) is 17.7. The number of hydrogen-bond acceptors (Lipinski definition) is 5. The number of non-ortho nitro benzene ring substituents is 1. The number of sulfonamides is 1. The number of rotatable bonds is 6. The summed E-state index contributed by atoms with van der Waals surface area (Å²) < 4.78 is 26.9. The summed E-state index contributed by atoms with van der Waals surface area (Å²) in [5.41, 5.74) is -0.176. The Morgan fingerprint density at radius 2 is 2.00 bits per heavy atom. The summed E-state index contributed by atoms with van der Waals surface area (Å²) in [5, 5.41) is 13.4. The molecule has 0 unspecified atom stereocenters. The van der Waals surface area contributed by atoms with E-state index in [-0.39, 0.29) is 23.0 Å². The molecule has 0 aromatic heterocycles. The van der Waals surface area contributed by atoms with Crippen LogP contribution in [0.25, 0.3) is 0 Å². The molecule has 1 amide bonds. The van der Waals surface area contributed by atoms with E-state index in [1.807, 2.05) is 6.92 Å². The van der Waals surface area contributed by atoms with Gasteiger partial charge in [-0.15, -0.1) is 0 Å². The molecule has 0 spiro atoms. The molecule has 1 fully saturated rings. The lowest BCUT2D eigenvalue weighted by Crippen LogP contribution is -2.51. The van der Waals surface area contributed by atoms with Crippen LogP contribution in [0.5, 0.6) is 0 Å². The Labute approximate surface area is 141 Å². The molecule has 1 saturated heterocycles. The number of carbonyl (C=O) groups excluding carboxylic acids is 1. The first-order chi connectivity index (χ1) is 11.4. The van der Waals surface area contributed by atoms with Gasteiger partial charge in [-0.05, 0) is 31.4 Å². The Hall–Kier alpha value is -2.00. The van der Waals surface area contributed by atoms with Crippen LogP contribution in [0.4, 0.5) is 5.69 Å². The first-order valence-electron chi connectivity index (χ1n) is 7.92. The molecule has 0 bridgehead atoms. The highest BCUT2D eigenvalue weighted by molar-refractivity contribution is 7.89. The Kier molecular flexibility index (Phi) is 5.89. The first kappa shape index (κ1) is 18.3. The van der Waals surface area contributed by atoms with Gasteiger partial charge in [0.25, 0.3) is 5.69 Å². The van der Waals surface area contributed by atoms with Crippen LogP contribution in [-0.2, 0) is 14.8 Å². The zero-order valence-corrected chi connectivity index (χ0v) is 14.3. The summed E-state index contributed by atoms with van der Waals surface area (Å²) in [7, 11) is -3.87. The number of benzene rings is 1. The van der Waals surface area contributed by atoms with Crippen molar-refractivity contribution >= 4 is 21.6 Å². The number of nitro groups is 1. The van der Waals surface area contributed by atoms with Crippen molar-refractivity contribution in [2.75, 3.05) is 13.1 Å². The lowest BCUT2D eigenvalue weighted by molar-refractivity contribution is -0.384. The summed E-state index contributed by atoms with van der Waals surface area (Å²) in [4.78, 5) is 22.4. The standard InChI is InChI=1S/C15H21N3O5S/c1-2-10-16-15(19)14-5-3-4-11-17(14)24(22,23)13-8-6-12(7-9-13)18(20)21/h6-9,14H,2-5,10-11H2,1H3,(H,16,19)/t14-/m0/s1. The number of nitro benzene ring substituents is 1. The molecule has 1 aromatic carbocycles. The van der Waals surface area contributed by atoms with Gasteiger partial charge in [-0.3, -0.25) is 14.9 Å². The van der Waals surface area contributed by atoms with Crippen LogP contribution in [0.3, 0.4) is 0 Å². The third-order valence-electron chi connectivity index (χ3n) is 3.96. The molecule has 0 saturated carbocycles. The van der Waals surface area contributed by atoms with Gasteiger partial charge in [0.15, 0.2) is 0 Å². The molecule has 0 aliphatic carbocycles. The van der Waals surface area contributed by atoms with Crippen molar-refractivity contribution in [1.29, 1.82) is 0 Å². The van der Waals surface area contributed by atoms with Crippen molar-refractivity contribution in [2.45, 2.75) is 43.5 Å². The van der Waals surface area contributed by atoms with Crippen LogP contribution in [0.15, 0.2) is 29.2 Å². The fraction of sp³-hybridized carbons (Fsp3) is 0.533. The van der Waals surface area contributed by atoms with Crippen molar-refractivity contribution in [3.8, 4) is 0 Å². The monoisotopic (exact) mass is 355 g/mol. The maximum Gasteiger partial charge on any atom is 0.269 e. The van der Waals surface area contributed by atoms with E-state index in [0.717, 1.165) is 25.0 Å². The summed E-state index contributed by atoms with van der Waals surface area (Å²) in [6.45, 7) is 2.69.